The second-order valence-electron chi connectivity index (χ2n) is 5.34. The van der Waals surface area contributed by atoms with Gasteiger partial charge in [0.2, 0.25) is 0 Å². The van der Waals surface area contributed by atoms with E-state index in [0.29, 0.717) is 6.61 Å². The van der Waals surface area contributed by atoms with Crippen LogP contribution in [0.3, 0.4) is 0 Å². The minimum absolute atomic E-state index is 0.224. The Bertz CT molecular complexity index is 363. The van der Waals surface area contributed by atoms with Gasteiger partial charge < -0.3 is 4.43 Å². The van der Waals surface area contributed by atoms with Gasteiger partial charge >= 0.3 is 0 Å². The van der Waals surface area contributed by atoms with E-state index in [1.165, 1.54) is 0 Å². The van der Waals surface area contributed by atoms with E-state index in [4.69, 9.17) is 4.43 Å². The minimum Gasteiger partial charge on any atom is -0.411 e. The van der Waals surface area contributed by atoms with Gasteiger partial charge in [-0.3, -0.25) is 4.98 Å². The molecule has 1 aromatic heterocycles. The number of rotatable bonds is 3. The number of nitrogens with zero attached hydrogens (tertiary/aromatic N) is 2. The Morgan fingerprint density at radius 1 is 1.25 bits per heavy atom. The summed E-state index contributed by atoms with van der Waals surface area (Å²) in [5.41, 5.74) is 0.868. The zero-order valence-corrected chi connectivity index (χ0v) is 13.1. The zero-order chi connectivity index (χ0) is 12.4. The molecule has 0 aromatic carbocycles. The van der Waals surface area contributed by atoms with Crippen LogP contribution in [-0.4, -0.2) is 18.3 Å². The molecular weight excluding hydrogens is 284 g/mol. The molecule has 0 radical (unpaired) electrons. The maximum atomic E-state index is 6.07. The molecule has 1 rings (SSSR count). The van der Waals surface area contributed by atoms with E-state index in [-0.39, 0.29) is 5.04 Å². The maximum Gasteiger partial charge on any atom is 0.192 e. The van der Waals surface area contributed by atoms with Crippen molar-refractivity contribution in [3.05, 3.63) is 22.7 Å². The molecule has 0 aliphatic rings. The highest BCUT2D eigenvalue weighted by Crippen LogP contribution is 2.37. The van der Waals surface area contributed by atoms with Crippen LogP contribution in [0, 0.1) is 0 Å². The normalized spacial score (nSPS) is 12.9. The molecule has 0 aliphatic carbocycles. The molecule has 1 heterocycles. The predicted octanol–water partition coefficient (Wildman–Crippen LogP) is 3.76. The van der Waals surface area contributed by atoms with E-state index < -0.39 is 8.32 Å². The van der Waals surface area contributed by atoms with Crippen LogP contribution in [0.25, 0.3) is 0 Å². The summed E-state index contributed by atoms with van der Waals surface area (Å²) in [5.74, 6) is 0. The van der Waals surface area contributed by atoms with Crippen LogP contribution in [0.4, 0.5) is 0 Å². The van der Waals surface area contributed by atoms with Crippen LogP contribution in [0.1, 0.15) is 26.5 Å². The molecule has 0 saturated heterocycles. The van der Waals surface area contributed by atoms with Crippen molar-refractivity contribution < 1.29 is 4.43 Å². The standard InChI is InChI=1S/C11H19BrN2OSi/c1-11(2,3)16(4,5)15-8-9-10(12)14-7-6-13-9/h6-7H,8H2,1-5H3. The third-order valence-corrected chi connectivity index (χ3v) is 8.24. The predicted molar refractivity (Wildman–Crippen MR) is 71.7 cm³/mol. The van der Waals surface area contributed by atoms with Gasteiger partial charge in [-0.2, -0.15) is 0 Å². The number of hydrogen-bond donors (Lipinski definition) is 0. The summed E-state index contributed by atoms with van der Waals surface area (Å²) in [6.45, 7) is 11.7. The average Bonchev–Trinajstić information content (AvgIpc) is 2.15. The average molecular weight is 303 g/mol. The molecular formula is C11H19BrN2OSi. The van der Waals surface area contributed by atoms with Gasteiger partial charge in [0.1, 0.15) is 4.60 Å². The smallest absolute Gasteiger partial charge is 0.192 e. The van der Waals surface area contributed by atoms with Crippen molar-refractivity contribution in [2.45, 2.75) is 45.5 Å². The van der Waals surface area contributed by atoms with Crippen LogP contribution < -0.4 is 0 Å². The molecule has 0 amide bonds. The van der Waals surface area contributed by atoms with E-state index in [2.05, 4.69) is 59.8 Å². The molecule has 3 nitrogen and oxygen atoms in total. The summed E-state index contributed by atoms with van der Waals surface area (Å²) in [7, 11) is -1.70. The van der Waals surface area contributed by atoms with Gasteiger partial charge in [0.05, 0.1) is 12.3 Å². The molecule has 5 heteroatoms. The first-order valence-corrected chi connectivity index (χ1v) is 9.03. The maximum absolute atomic E-state index is 6.07. The first-order chi connectivity index (χ1) is 7.24. The monoisotopic (exact) mass is 302 g/mol. The first kappa shape index (κ1) is 13.8. The number of halogens is 1. The molecule has 0 fully saturated rings. The van der Waals surface area contributed by atoms with Crippen molar-refractivity contribution in [2.75, 3.05) is 0 Å². The highest BCUT2D eigenvalue weighted by Gasteiger charge is 2.37. The summed E-state index contributed by atoms with van der Waals surface area (Å²) in [6, 6.07) is 0. The molecule has 0 N–H and O–H groups in total. The second kappa shape index (κ2) is 4.94. The third-order valence-electron chi connectivity index (χ3n) is 3.10. The highest BCUT2D eigenvalue weighted by atomic mass is 79.9. The zero-order valence-electron chi connectivity index (χ0n) is 10.5. The quantitative estimate of drug-likeness (QED) is 0.797. The van der Waals surface area contributed by atoms with Gasteiger partial charge in [-0.1, -0.05) is 20.8 Å². The second-order valence-corrected chi connectivity index (χ2v) is 10.9. The minimum atomic E-state index is -1.70. The molecule has 0 saturated carbocycles. The van der Waals surface area contributed by atoms with Gasteiger partial charge in [0.25, 0.3) is 0 Å². The van der Waals surface area contributed by atoms with Crippen molar-refractivity contribution >= 4 is 24.2 Å². The SMILES string of the molecule is CC(C)(C)[Si](C)(C)OCc1nccnc1Br. The first-order valence-electron chi connectivity index (χ1n) is 5.33. The summed E-state index contributed by atoms with van der Waals surface area (Å²) < 4.78 is 6.84. The van der Waals surface area contributed by atoms with Gasteiger partial charge in [0.15, 0.2) is 8.32 Å². The fourth-order valence-electron chi connectivity index (χ4n) is 0.912. The van der Waals surface area contributed by atoms with Gasteiger partial charge in [-0.05, 0) is 34.1 Å². The molecule has 90 valence electrons. The summed E-state index contributed by atoms with van der Waals surface area (Å²) in [4.78, 5) is 8.38. The van der Waals surface area contributed by atoms with Crippen molar-refractivity contribution in [3.63, 3.8) is 0 Å². The molecule has 0 spiro atoms. The van der Waals surface area contributed by atoms with Crippen LogP contribution >= 0.6 is 15.9 Å². The van der Waals surface area contributed by atoms with E-state index in [0.717, 1.165) is 10.3 Å². The third kappa shape index (κ3) is 3.36. The van der Waals surface area contributed by atoms with Crippen LogP contribution in [0.5, 0.6) is 0 Å². The molecule has 0 aliphatic heterocycles. The fraction of sp³-hybridized carbons (Fsp3) is 0.636. The Kier molecular flexibility index (Phi) is 4.26. The van der Waals surface area contributed by atoms with E-state index in [1.807, 2.05) is 0 Å². The summed E-state index contributed by atoms with van der Waals surface area (Å²) >= 11 is 3.38. The summed E-state index contributed by atoms with van der Waals surface area (Å²) in [5, 5.41) is 0.224. The Hall–Kier alpha value is -0.263. The van der Waals surface area contributed by atoms with E-state index in [1.54, 1.807) is 12.4 Å². The lowest BCUT2D eigenvalue weighted by atomic mass is 10.2. The molecule has 0 unspecified atom stereocenters. The Morgan fingerprint density at radius 2 is 1.81 bits per heavy atom. The lowest BCUT2D eigenvalue weighted by Gasteiger charge is -2.36. The topological polar surface area (TPSA) is 35.0 Å². The van der Waals surface area contributed by atoms with Crippen LogP contribution in [0.2, 0.25) is 18.1 Å². The Morgan fingerprint density at radius 3 is 2.31 bits per heavy atom. The lowest BCUT2D eigenvalue weighted by molar-refractivity contribution is 0.270. The lowest BCUT2D eigenvalue weighted by Crippen LogP contribution is -2.40. The largest absolute Gasteiger partial charge is 0.411 e. The van der Waals surface area contributed by atoms with Crippen molar-refractivity contribution in [1.82, 2.24) is 9.97 Å². The molecule has 1 aromatic rings. The fourth-order valence-corrected chi connectivity index (χ4v) is 2.18. The molecule has 0 bridgehead atoms. The van der Waals surface area contributed by atoms with Crippen molar-refractivity contribution in [3.8, 4) is 0 Å². The number of hydrogen-bond acceptors (Lipinski definition) is 3. The van der Waals surface area contributed by atoms with Crippen molar-refractivity contribution in [1.29, 1.82) is 0 Å². The van der Waals surface area contributed by atoms with Crippen LogP contribution in [0.15, 0.2) is 17.0 Å². The van der Waals surface area contributed by atoms with Crippen molar-refractivity contribution in [2.24, 2.45) is 0 Å². The number of aromatic nitrogens is 2. The van der Waals surface area contributed by atoms with Crippen LogP contribution in [-0.2, 0) is 11.0 Å². The van der Waals surface area contributed by atoms with E-state index >= 15 is 0 Å². The Balaban J connectivity index is 2.69. The van der Waals surface area contributed by atoms with E-state index in [9.17, 15) is 0 Å². The van der Waals surface area contributed by atoms with Gasteiger partial charge in [0, 0.05) is 12.4 Å². The molecule has 0 atom stereocenters. The highest BCUT2D eigenvalue weighted by molar-refractivity contribution is 9.10. The Labute approximate surface area is 107 Å². The summed E-state index contributed by atoms with van der Waals surface area (Å²) in [6.07, 6.45) is 3.36. The van der Waals surface area contributed by atoms with Gasteiger partial charge in [-0.25, -0.2) is 4.98 Å². The molecule has 16 heavy (non-hydrogen) atoms. The van der Waals surface area contributed by atoms with Gasteiger partial charge in [-0.15, -0.1) is 0 Å².